The van der Waals surface area contributed by atoms with Crippen molar-refractivity contribution in [2.45, 2.75) is 25.3 Å². The maximum Gasteiger partial charge on any atom is 0.326 e. The second-order valence-electron chi connectivity index (χ2n) is 4.96. The highest BCUT2D eigenvalue weighted by Crippen LogP contribution is 2.26. The van der Waals surface area contributed by atoms with Gasteiger partial charge < -0.3 is 15.3 Å². The summed E-state index contributed by atoms with van der Waals surface area (Å²) in [5.74, 6) is -1.17. The van der Waals surface area contributed by atoms with Crippen LogP contribution in [-0.4, -0.2) is 41.0 Å². The first kappa shape index (κ1) is 16.1. The van der Waals surface area contributed by atoms with E-state index < -0.39 is 12.0 Å². The molecule has 1 aliphatic heterocycles. The van der Waals surface area contributed by atoms with Crippen LogP contribution in [0.2, 0.25) is 5.02 Å². The van der Waals surface area contributed by atoms with Gasteiger partial charge in [-0.1, -0.05) is 11.6 Å². The van der Waals surface area contributed by atoms with Gasteiger partial charge in [0.1, 0.15) is 6.04 Å². The number of amides is 1. The Balaban J connectivity index is 2.03. The number of nitrogens with one attached hydrogen (secondary N) is 1. The number of halogens is 2. The summed E-state index contributed by atoms with van der Waals surface area (Å²) in [6.07, 6.45) is 1.91. The van der Waals surface area contributed by atoms with Gasteiger partial charge in [-0.15, -0.1) is 0 Å². The van der Waals surface area contributed by atoms with Gasteiger partial charge in [-0.05, 0) is 47.0 Å². The Kier molecular flexibility index (Phi) is 5.47. The quantitative estimate of drug-likeness (QED) is 0.830. The summed E-state index contributed by atoms with van der Waals surface area (Å²) in [4.78, 5) is 25.1. The van der Waals surface area contributed by atoms with Gasteiger partial charge in [0.2, 0.25) is 5.91 Å². The Morgan fingerprint density at radius 2 is 2.05 bits per heavy atom. The van der Waals surface area contributed by atoms with Gasteiger partial charge >= 0.3 is 5.97 Å². The minimum Gasteiger partial charge on any atom is -0.480 e. The maximum absolute atomic E-state index is 12.1. The topological polar surface area (TPSA) is 69.6 Å². The largest absolute Gasteiger partial charge is 0.480 e. The highest BCUT2D eigenvalue weighted by molar-refractivity contribution is 9.10. The van der Waals surface area contributed by atoms with Crippen LogP contribution in [0.25, 0.3) is 0 Å². The highest BCUT2D eigenvalue weighted by atomic mass is 79.9. The SMILES string of the molecule is O=C(O)C(CC(=O)N1CCCC1)Nc1ccc(Cl)c(Br)c1. The number of anilines is 1. The molecule has 2 rings (SSSR count). The van der Waals surface area contributed by atoms with Crippen LogP contribution in [0.1, 0.15) is 19.3 Å². The number of nitrogens with zero attached hydrogens (tertiary/aromatic N) is 1. The number of aliphatic carboxylic acids is 1. The minimum absolute atomic E-state index is 0.0599. The van der Waals surface area contributed by atoms with Crippen LogP contribution >= 0.6 is 27.5 Å². The average molecular weight is 376 g/mol. The van der Waals surface area contributed by atoms with Gasteiger partial charge in [0, 0.05) is 23.2 Å². The Morgan fingerprint density at radius 1 is 1.38 bits per heavy atom. The lowest BCUT2D eigenvalue weighted by molar-refractivity contribution is -0.141. The van der Waals surface area contributed by atoms with E-state index in [4.69, 9.17) is 11.6 Å². The molecule has 1 unspecified atom stereocenters. The third-order valence-corrected chi connectivity index (χ3v) is 4.61. The molecule has 1 aromatic carbocycles. The number of likely N-dealkylation sites (tertiary alicyclic amines) is 1. The van der Waals surface area contributed by atoms with E-state index in [2.05, 4.69) is 21.2 Å². The summed E-state index contributed by atoms with van der Waals surface area (Å²) >= 11 is 9.18. The summed E-state index contributed by atoms with van der Waals surface area (Å²) in [5.41, 5.74) is 0.605. The fourth-order valence-corrected chi connectivity index (χ4v) is 2.75. The highest BCUT2D eigenvalue weighted by Gasteiger charge is 2.26. The zero-order valence-corrected chi connectivity index (χ0v) is 13.7. The van der Waals surface area contributed by atoms with Gasteiger partial charge in [0.05, 0.1) is 11.4 Å². The third kappa shape index (κ3) is 4.35. The van der Waals surface area contributed by atoms with Crippen LogP contribution in [0.15, 0.2) is 22.7 Å². The molecule has 0 bridgehead atoms. The second kappa shape index (κ2) is 7.13. The van der Waals surface area contributed by atoms with Crippen LogP contribution in [0.4, 0.5) is 5.69 Å². The standard InChI is InChI=1S/C14H16BrClN2O3/c15-10-7-9(3-4-11(10)16)17-12(14(20)21)8-13(19)18-5-1-2-6-18/h3-4,7,12,17H,1-2,5-6,8H2,(H,20,21). The zero-order chi connectivity index (χ0) is 15.4. The summed E-state index contributed by atoms with van der Waals surface area (Å²) in [6.45, 7) is 1.44. The molecule has 0 aromatic heterocycles. The van der Waals surface area contributed by atoms with E-state index in [-0.39, 0.29) is 12.3 Å². The van der Waals surface area contributed by atoms with Crippen molar-refractivity contribution in [3.05, 3.63) is 27.7 Å². The van der Waals surface area contributed by atoms with Crippen molar-refractivity contribution >= 4 is 45.1 Å². The van der Waals surface area contributed by atoms with E-state index in [0.717, 1.165) is 25.9 Å². The fourth-order valence-electron chi connectivity index (χ4n) is 2.26. The molecular formula is C14H16BrClN2O3. The van der Waals surface area contributed by atoms with Crippen molar-refractivity contribution < 1.29 is 14.7 Å². The molecule has 1 fully saturated rings. The van der Waals surface area contributed by atoms with Crippen molar-refractivity contribution in [3.8, 4) is 0 Å². The molecule has 1 amide bonds. The van der Waals surface area contributed by atoms with Gasteiger partial charge in [-0.3, -0.25) is 4.79 Å². The predicted octanol–water partition coefficient (Wildman–Crippen LogP) is 2.98. The second-order valence-corrected chi connectivity index (χ2v) is 6.22. The fraction of sp³-hybridized carbons (Fsp3) is 0.429. The molecule has 7 heteroatoms. The number of carbonyl (C=O) groups excluding carboxylic acids is 1. The van der Waals surface area contributed by atoms with Gasteiger partial charge in [-0.2, -0.15) is 0 Å². The molecule has 1 atom stereocenters. The molecule has 1 heterocycles. The van der Waals surface area contributed by atoms with Gasteiger partial charge in [0.25, 0.3) is 0 Å². The molecule has 2 N–H and O–H groups in total. The Bertz CT molecular complexity index is 547. The van der Waals surface area contributed by atoms with Gasteiger partial charge in [0.15, 0.2) is 0 Å². The summed E-state index contributed by atoms with van der Waals surface area (Å²) in [6, 6.07) is 4.09. The van der Waals surface area contributed by atoms with E-state index in [1.54, 1.807) is 23.1 Å². The molecule has 1 saturated heterocycles. The third-order valence-electron chi connectivity index (χ3n) is 3.40. The number of hydrogen-bond acceptors (Lipinski definition) is 3. The summed E-state index contributed by atoms with van der Waals surface area (Å²) in [7, 11) is 0. The first-order valence-corrected chi connectivity index (χ1v) is 7.86. The number of rotatable bonds is 5. The summed E-state index contributed by atoms with van der Waals surface area (Å²) in [5, 5.41) is 12.7. The smallest absolute Gasteiger partial charge is 0.326 e. The maximum atomic E-state index is 12.1. The van der Waals surface area contributed by atoms with Crippen molar-refractivity contribution in [1.29, 1.82) is 0 Å². The number of carboxylic acids is 1. The van der Waals surface area contributed by atoms with E-state index in [1.807, 2.05) is 0 Å². The molecule has 114 valence electrons. The van der Waals surface area contributed by atoms with Crippen molar-refractivity contribution in [2.24, 2.45) is 0 Å². The van der Waals surface area contributed by atoms with Crippen LogP contribution in [-0.2, 0) is 9.59 Å². The molecule has 0 radical (unpaired) electrons. The summed E-state index contributed by atoms with van der Waals surface area (Å²) < 4.78 is 0.671. The number of hydrogen-bond donors (Lipinski definition) is 2. The number of benzene rings is 1. The lowest BCUT2D eigenvalue weighted by atomic mass is 10.1. The molecule has 0 spiro atoms. The van der Waals surface area contributed by atoms with Crippen molar-refractivity contribution in [2.75, 3.05) is 18.4 Å². The van der Waals surface area contributed by atoms with Crippen LogP contribution < -0.4 is 5.32 Å². The normalized spacial score (nSPS) is 15.8. The zero-order valence-electron chi connectivity index (χ0n) is 11.3. The van der Waals surface area contributed by atoms with Crippen molar-refractivity contribution in [3.63, 3.8) is 0 Å². The number of carbonyl (C=O) groups is 2. The minimum atomic E-state index is -1.05. The monoisotopic (exact) mass is 374 g/mol. The van der Waals surface area contributed by atoms with E-state index >= 15 is 0 Å². The van der Waals surface area contributed by atoms with Gasteiger partial charge in [-0.25, -0.2) is 4.79 Å². The van der Waals surface area contributed by atoms with E-state index in [9.17, 15) is 14.7 Å². The molecule has 0 saturated carbocycles. The van der Waals surface area contributed by atoms with Crippen LogP contribution in [0, 0.1) is 0 Å². The van der Waals surface area contributed by atoms with Crippen molar-refractivity contribution in [1.82, 2.24) is 4.90 Å². The Morgan fingerprint density at radius 3 is 2.62 bits per heavy atom. The lowest BCUT2D eigenvalue weighted by Gasteiger charge is -2.20. The first-order chi connectivity index (χ1) is 9.97. The first-order valence-electron chi connectivity index (χ1n) is 6.69. The van der Waals surface area contributed by atoms with E-state index in [1.165, 1.54) is 0 Å². The Labute approximate surface area is 136 Å². The number of carboxylic acid groups (broad SMARTS) is 1. The predicted molar refractivity (Wildman–Crippen MR) is 84.6 cm³/mol. The molecule has 0 aliphatic carbocycles. The lowest BCUT2D eigenvalue weighted by Crippen LogP contribution is -2.37. The Hall–Kier alpha value is -1.27. The molecule has 21 heavy (non-hydrogen) atoms. The molecular weight excluding hydrogens is 360 g/mol. The van der Waals surface area contributed by atoms with E-state index in [0.29, 0.717) is 15.2 Å². The molecule has 5 nitrogen and oxygen atoms in total. The molecule has 1 aromatic rings. The molecule has 1 aliphatic rings. The van der Waals surface area contributed by atoms with Crippen LogP contribution in [0.3, 0.4) is 0 Å². The average Bonchev–Trinajstić information content (AvgIpc) is 2.96. The van der Waals surface area contributed by atoms with Crippen LogP contribution in [0.5, 0.6) is 0 Å².